The van der Waals surface area contributed by atoms with Gasteiger partial charge in [-0.3, -0.25) is 9.59 Å². The van der Waals surface area contributed by atoms with E-state index in [-0.39, 0.29) is 23.4 Å². The van der Waals surface area contributed by atoms with E-state index in [2.05, 4.69) is 0 Å². The summed E-state index contributed by atoms with van der Waals surface area (Å²) in [6.07, 6.45) is 3.92. The van der Waals surface area contributed by atoms with Gasteiger partial charge in [0.25, 0.3) is 0 Å². The Hall–Kier alpha value is -0.510. The van der Waals surface area contributed by atoms with Crippen molar-refractivity contribution in [2.75, 3.05) is 12.4 Å². The van der Waals surface area contributed by atoms with Gasteiger partial charge in [-0.15, -0.1) is 0 Å². The summed E-state index contributed by atoms with van der Waals surface area (Å²) in [4.78, 5) is 22.7. The Balaban J connectivity index is 2.19. The van der Waals surface area contributed by atoms with Crippen LogP contribution in [0, 0.1) is 0 Å². The average Bonchev–Trinajstić information content (AvgIpc) is 2.27. The van der Waals surface area contributed by atoms with Crippen LogP contribution in [-0.2, 0) is 14.3 Å². The quantitative estimate of drug-likeness (QED) is 0.679. The molecule has 1 aliphatic heterocycles. The van der Waals surface area contributed by atoms with Gasteiger partial charge in [0.2, 0.25) is 0 Å². The van der Waals surface area contributed by atoms with E-state index in [1.165, 1.54) is 6.42 Å². The molecular formula is C11H18O3S. The molecule has 0 aromatic carbocycles. The Morgan fingerprint density at radius 2 is 2.13 bits per heavy atom. The normalized spacial score (nSPS) is 21.0. The smallest absolute Gasteiger partial charge is 0.306 e. The second-order valence-corrected chi connectivity index (χ2v) is 4.94. The van der Waals surface area contributed by atoms with Crippen LogP contribution in [-0.4, -0.2) is 29.4 Å². The molecule has 0 spiro atoms. The molecule has 15 heavy (non-hydrogen) atoms. The van der Waals surface area contributed by atoms with Gasteiger partial charge in [-0.1, -0.05) is 6.42 Å². The molecule has 86 valence electrons. The number of carbonyl (C=O) groups is 2. The summed E-state index contributed by atoms with van der Waals surface area (Å²) in [7, 11) is 0. The molecule has 0 amide bonds. The summed E-state index contributed by atoms with van der Waals surface area (Å²) >= 11 is 1.73. The number of ketones is 1. The first-order chi connectivity index (χ1) is 7.24. The fraction of sp³-hybridized carbons (Fsp3) is 0.818. The number of hydrogen-bond donors (Lipinski definition) is 0. The molecule has 1 aliphatic rings. The maximum atomic E-state index is 11.7. The zero-order valence-corrected chi connectivity index (χ0v) is 9.98. The van der Waals surface area contributed by atoms with Gasteiger partial charge in [-0.05, 0) is 25.5 Å². The molecule has 0 N–H and O–H groups in total. The summed E-state index contributed by atoms with van der Waals surface area (Å²) in [5.74, 6) is 1.04. The van der Waals surface area contributed by atoms with Crippen molar-refractivity contribution in [2.45, 2.75) is 44.3 Å². The number of ether oxygens (including phenoxy) is 1. The number of Topliss-reactive ketones (excluding diaryl/α,β-unsaturated/α-hetero) is 1. The van der Waals surface area contributed by atoms with Gasteiger partial charge in [-0.25, -0.2) is 0 Å². The molecule has 1 rings (SSSR count). The average molecular weight is 230 g/mol. The molecule has 0 aliphatic carbocycles. The third-order valence-corrected chi connectivity index (χ3v) is 3.84. The van der Waals surface area contributed by atoms with Crippen molar-refractivity contribution >= 4 is 23.5 Å². The highest BCUT2D eigenvalue weighted by Gasteiger charge is 2.21. The summed E-state index contributed by atoms with van der Waals surface area (Å²) in [5, 5.41) is 0.133. The molecule has 1 fully saturated rings. The number of esters is 1. The molecule has 0 aromatic rings. The van der Waals surface area contributed by atoms with E-state index in [4.69, 9.17) is 4.74 Å². The summed E-state index contributed by atoms with van der Waals surface area (Å²) < 4.78 is 4.78. The van der Waals surface area contributed by atoms with Gasteiger partial charge in [0, 0.05) is 6.42 Å². The van der Waals surface area contributed by atoms with Gasteiger partial charge < -0.3 is 4.74 Å². The highest BCUT2D eigenvalue weighted by atomic mass is 32.2. The number of carbonyl (C=O) groups excluding carboxylic acids is 2. The van der Waals surface area contributed by atoms with E-state index in [0.717, 1.165) is 18.6 Å². The molecule has 4 heteroatoms. The minimum absolute atomic E-state index is 0.133. The van der Waals surface area contributed by atoms with E-state index < -0.39 is 0 Å². The molecule has 0 aromatic heterocycles. The van der Waals surface area contributed by atoms with Crippen LogP contribution >= 0.6 is 11.8 Å². The lowest BCUT2D eigenvalue weighted by atomic mass is 10.1. The van der Waals surface area contributed by atoms with Crippen LogP contribution in [0.5, 0.6) is 0 Å². The van der Waals surface area contributed by atoms with Crippen LogP contribution in [0.25, 0.3) is 0 Å². The van der Waals surface area contributed by atoms with Crippen LogP contribution in [0.4, 0.5) is 0 Å². The predicted molar refractivity (Wildman–Crippen MR) is 61.0 cm³/mol. The Bertz CT molecular complexity index is 222. The summed E-state index contributed by atoms with van der Waals surface area (Å²) in [6, 6.07) is 0. The number of thioether (sulfide) groups is 1. The molecule has 1 saturated heterocycles. The third kappa shape index (κ3) is 4.69. The van der Waals surface area contributed by atoms with Gasteiger partial charge in [0.1, 0.15) is 5.78 Å². The fourth-order valence-electron chi connectivity index (χ4n) is 1.61. The maximum absolute atomic E-state index is 11.7. The molecular weight excluding hydrogens is 212 g/mol. The van der Waals surface area contributed by atoms with Gasteiger partial charge in [0.15, 0.2) is 0 Å². The van der Waals surface area contributed by atoms with Crippen molar-refractivity contribution < 1.29 is 14.3 Å². The summed E-state index contributed by atoms with van der Waals surface area (Å²) in [5.41, 5.74) is 0. The largest absolute Gasteiger partial charge is 0.466 e. The maximum Gasteiger partial charge on any atom is 0.306 e. The van der Waals surface area contributed by atoms with Crippen LogP contribution in [0.15, 0.2) is 0 Å². The van der Waals surface area contributed by atoms with Crippen LogP contribution in [0.3, 0.4) is 0 Å². The number of hydrogen-bond acceptors (Lipinski definition) is 4. The zero-order valence-electron chi connectivity index (χ0n) is 9.16. The van der Waals surface area contributed by atoms with E-state index in [9.17, 15) is 9.59 Å². The lowest BCUT2D eigenvalue weighted by Gasteiger charge is -2.19. The standard InChI is InChI=1S/C11H18O3S/c1-2-14-11(13)7-6-9(12)10-5-3-4-8-15-10/h10H,2-8H2,1H3. The molecule has 0 bridgehead atoms. The number of rotatable bonds is 5. The Kier molecular flexibility index (Phi) is 5.76. The molecule has 1 heterocycles. The van der Waals surface area contributed by atoms with Crippen molar-refractivity contribution in [1.82, 2.24) is 0 Å². The molecule has 0 saturated carbocycles. The SMILES string of the molecule is CCOC(=O)CCC(=O)C1CCCCS1. The predicted octanol–water partition coefficient (Wildman–Crippen LogP) is 2.18. The molecule has 3 nitrogen and oxygen atoms in total. The lowest BCUT2D eigenvalue weighted by molar-refractivity contribution is -0.144. The van der Waals surface area contributed by atoms with Crippen LogP contribution < -0.4 is 0 Å². The van der Waals surface area contributed by atoms with Crippen molar-refractivity contribution in [2.24, 2.45) is 0 Å². The van der Waals surface area contributed by atoms with Gasteiger partial charge >= 0.3 is 5.97 Å². The monoisotopic (exact) mass is 230 g/mol. The second-order valence-electron chi connectivity index (χ2n) is 3.63. The molecule has 0 radical (unpaired) electrons. The topological polar surface area (TPSA) is 43.4 Å². The van der Waals surface area contributed by atoms with Gasteiger partial charge in [0.05, 0.1) is 18.3 Å². The van der Waals surface area contributed by atoms with Crippen LogP contribution in [0.1, 0.15) is 39.0 Å². The minimum atomic E-state index is -0.258. The van der Waals surface area contributed by atoms with Crippen molar-refractivity contribution in [3.05, 3.63) is 0 Å². The Labute approximate surface area is 94.9 Å². The Morgan fingerprint density at radius 3 is 2.73 bits per heavy atom. The third-order valence-electron chi connectivity index (χ3n) is 2.42. The lowest BCUT2D eigenvalue weighted by Crippen LogP contribution is -2.21. The second kappa shape index (κ2) is 6.88. The highest BCUT2D eigenvalue weighted by Crippen LogP contribution is 2.26. The summed E-state index contributed by atoms with van der Waals surface area (Å²) in [6.45, 7) is 2.17. The first-order valence-corrected chi connectivity index (χ1v) is 6.59. The fourth-order valence-corrected chi connectivity index (χ4v) is 2.91. The Morgan fingerprint density at radius 1 is 1.33 bits per heavy atom. The van der Waals surface area contributed by atoms with Crippen molar-refractivity contribution in [3.63, 3.8) is 0 Å². The van der Waals surface area contributed by atoms with E-state index >= 15 is 0 Å². The first kappa shape index (κ1) is 12.6. The molecule has 1 unspecified atom stereocenters. The highest BCUT2D eigenvalue weighted by molar-refractivity contribution is 8.00. The van der Waals surface area contributed by atoms with Crippen molar-refractivity contribution in [3.8, 4) is 0 Å². The van der Waals surface area contributed by atoms with E-state index in [0.29, 0.717) is 13.0 Å². The minimum Gasteiger partial charge on any atom is -0.466 e. The first-order valence-electron chi connectivity index (χ1n) is 5.54. The zero-order chi connectivity index (χ0) is 11.1. The van der Waals surface area contributed by atoms with Gasteiger partial charge in [-0.2, -0.15) is 11.8 Å². The van der Waals surface area contributed by atoms with E-state index in [1.54, 1.807) is 18.7 Å². The van der Waals surface area contributed by atoms with Crippen LogP contribution in [0.2, 0.25) is 0 Å². The van der Waals surface area contributed by atoms with E-state index in [1.807, 2.05) is 0 Å². The van der Waals surface area contributed by atoms with Crippen molar-refractivity contribution in [1.29, 1.82) is 0 Å². The molecule has 1 atom stereocenters.